The zero-order valence-electron chi connectivity index (χ0n) is 16.9. The number of aromatic nitrogens is 1. The summed E-state index contributed by atoms with van der Waals surface area (Å²) in [5, 5.41) is 6.75. The number of thiazole rings is 1. The number of nitrogens with zero attached hydrogens (tertiary/aromatic N) is 2. The number of benzene rings is 2. The number of methoxy groups -OCH3 is 1. The minimum absolute atomic E-state index is 0.402. The van der Waals surface area contributed by atoms with Crippen molar-refractivity contribution in [1.29, 1.82) is 0 Å². The zero-order chi connectivity index (χ0) is 21.1. The Morgan fingerprint density at radius 3 is 2.73 bits per heavy atom. The van der Waals surface area contributed by atoms with Crippen LogP contribution in [-0.4, -0.2) is 18.1 Å². The van der Waals surface area contributed by atoms with Crippen LogP contribution in [0.5, 0.6) is 0 Å². The highest BCUT2D eigenvalue weighted by Gasteiger charge is 2.15. The monoisotopic (exact) mass is 419 g/mol. The smallest absolute Gasteiger partial charge is 0.350 e. The molecule has 0 aliphatic heterocycles. The summed E-state index contributed by atoms with van der Waals surface area (Å²) in [6, 6.07) is 17.9. The first-order chi connectivity index (χ1) is 14.6. The lowest BCUT2D eigenvalue weighted by Gasteiger charge is -2.06. The van der Waals surface area contributed by atoms with Crippen molar-refractivity contribution < 1.29 is 13.9 Å². The van der Waals surface area contributed by atoms with Gasteiger partial charge in [-0.25, -0.2) is 9.78 Å². The second-order valence-corrected chi connectivity index (χ2v) is 7.69. The van der Waals surface area contributed by atoms with Gasteiger partial charge >= 0.3 is 5.97 Å². The number of aryl methyl sites for hydroxylation is 2. The zero-order valence-corrected chi connectivity index (χ0v) is 17.7. The molecule has 152 valence electrons. The molecule has 0 saturated heterocycles. The Kier molecular flexibility index (Phi) is 5.63. The molecular formula is C23H21N3O3S. The normalized spacial score (nSPS) is 11.6. The van der Waals surface area contributed by atoms with E-state index in [1.807, 2.05) is 42.5 Å². The summed E-state index contributed by atoms with van der Waals surface area (Å²) in [7, 11) is 1.36. The van der Waals surface area contributed by atoms with Crippen molar-refractivity contribution in [2.75, 3.05) is 12.5 Å². The van der Waals surface area contributed by atoms with E-state index in [2.05, 4.69) is 34.6 Å². The molecule has 7 heteroatoms. The van der Waals surface area contributed by atoms with Crippen molar-refractivity contribution >= 4 is 33.4 Å². The fraction of sp³-hybridized carbons (Fsp3) is 0.174. The molecule has 2 aromatic carbocycles. The molecule has 0 aliphatic rings. The summed E-state index contributed by atoms with van der Waals surface area (Å²) < 4.78 is 10.9. The lowest BCUT2D eigenvalue weighted by Crippen LogP contribution is -2.08. The average Bonchev–Trinajstić information content (AvgIpc) is 3.17. The number of anilines is 1. The third-order valence-corrected chi connectivity index (χ3v) is 5.76. The van der Waals surface area contributed by atoms with E-state index >= 15 is 0 Å². The van der Waals surface area contributed by atoms with Crippen LogP contribution in [0, 0.1) is 6.92 Å². The molecule has 0 spiro atoms. The first kappa shape index (κ1) is 19.8. The van der Waals surface area contributed by atoms with Crippen molar-refractivity contribution in [1.82, 2.24) is 4.98 Å². The second kappa shape index (κ2) is 8.51. The van der Waals surface area contributed by atoms with Gasteiger partial charge in [0.2, 0.25) is 5.13 Å². The maximum absolute atomic E-state index is 11.8. The number of fused-ring (bicyclic) bond motifs is 1. The molecule has 0 aliphatic carbocycles. The summed E-state index contributed by atoms with van der Waals surface area (Å²) in [5.74, 6) is 0.319. The van der Waals surface area contributed by atoms with Crippen LogP contribution in [-0.2, 0) is 11.2 Å². The number of rotatable bonds is 5. The van der Waals surface area contributed by atoms with Crippen molar-refractivity contribution in [3.63, 3.8) is 0 Å². The van der Waals surface area contributed by atoms with E-state index in [-0.39, 0.29) is 0 Å². The Morgan fingerprint density at radius 1 is 1.20 bits per heavy atom. The predicted molar refractivity (Wildman–Crippen MR) is 118 cm³/mol. The molecule has 2 aromatic heterocycles. The van der Waals surface area contributed by atoms with Gasteiger partial charge in [0.25, 0.3) is 0 Å². The van der Waals surface area contributed by atoms with Crippen molar-refractivity contribution in [3.05, 3.63) is 76.1 Å². The fourth-order valence-corrected chi connectivity index (χ4v) is 3.93. The van der Waals surface area contributed by atoms with Gasteiger partial charge in [0, 0.05) is 17.0 Å². The molecule has 30 heavy (non-hydrogen) atoms. The van der Waals surface area contributed by atoms with Gasteiger partial charge in [-0.2, -0.15) is 5.10 Å². The largest absolute Gasteiger partial charge is 0.465 e. The molecule has 0 saturated carbocycles. The van der Waals surface area contributed by atoms with Crippen LogP contribution in [0.2, 0.25) is 0 Å². The quantitative estimate of drug-likeness (QED) is 0.358. The molecule has 0 fully saturated rings. The highest BCUT2D eigenvalue weighted by Crippen LogP contribution is 2.24. The van der Waals surface area contributed by atoms with Gasteiger partial charge in [-0.3, -0.25) is 5.43 Å². The molecule has 4 rings (SSSR count). The molecule has 2 heterocycles. The topological polar surface area (TPSA) is 76.7 Å². The Hall–Kier alpha value is -3.45. The van der Waals surface area contributed by atoms with Crippen LogP contribution >= 0.6 is 11.3 Å². The lowest BCUT2D eigenvalue weighted by atomic mass is 10.1. The Labute approximate surface area is 177 Å². The van der Waals surface area contributed by atoms with Gasteiger partial charge < -0.3 is 9.15 Å². The summed E-state index contributed by atoms with van der Waals surface area (Å²) in [6.07, 6.45) is 0.914. The highest BCUT2D eigenvalue weighted by molar-refractivity contribution is 7.17. The summed E-state index contributed by atoms with van der Waals surface area (Å²) in [5.41, 5.74) is 6.51. The summed E-state index contributed by atoms with van der Waals surface area (Å²) in [4.78, 5) is 16.7. The van der Waals surface area contributed by atoms with Crippen LogP contribution in [0.1, 0.15) is 27.9 Å². The van der Waals surface area contributed by atoms with Crippen LogP contribution < -0.4 is 10.8 Å². The molecule has 6 nitrogen and oxygen atoms in total. The molecule has 0 unspecified atom stereocenters. The Morgan fingerprint density at radius 2 is 2.00 bits per heavy atom. The van der Waals surface area contributed by atoms with Gasteiger partial charge in [0.05, 0.1) is 18.2 Å². The molecule has 0 amide bonds. The van der Waals surface area contributed by atoms with Crippen molar-refractivity contribution in [2.45, 2.75) is 20.3 Å². The number of hydrogen-bond donors (Lipinski definition) is 1. The van der Waals surface area contributed by atoms with Crippen molar-refractivity contribution in [3.8, 4) is 11.3 Å². The van der Waals surface area contributed by atoms with Gasteiger partial charge in [-0.15, -0.1) is 0 Å². The van der Waals surface area contributed by atoms with Gasteiger partial charge in [-0.1, -0.05) is 54.7 Å². The average molecular weight is 420 g/mol. The molecule has 0 radical (unpaired) electrons. The number of carbonyl (C=O) groups excluding carboxylic acids is 1. The van der Waals surface area contributed by atoms with E-state index < -0.39 is 5.97 Å². The summed E-state index contributed by atoms with van der Waals surface area (Å²) in [6.45, 7) is 3.88. The molecule has 0 bridgehead atoms. The molecule has 1 N–H and O–H groups in total. The summed E-state index contributed by atoms with van der Waals surface area (Å²) >= 11 is 1.21. The second-order valence-electron chi connectivity index (χ2n) is 6.69. The van der Waals surface area contributed by atoms with Crippen LogP contribution in [0.25, 0.3) is 22.3 Å². The molecule has 4 aromatic rings. The third-order valence-electron chi connectivity index (χ3n) is 4.71. The number of hydrogen-bond acceptors (Lipinski definition) is 7. The number of nitrogens with one attached hydrogen (secondary N) is 1. The van der Waals surface area contributed by atoms with E-state index in [1.54, 1.807) is 6.92 Å². The van der Waals surface area contributed by atoms with Crippen LogP contribution in [0.15, 0.2) is 64.1 Å². The van der Waals surface area contributed by atoms with Gasteiger partial charge in [0.15, 0.2) is 0 Å². The highest BCUT2D eigenvalue weighted by atomic mass is 32.1. The fourth-order valence-electron chi connectivity index (χ4n) is 3.11. The lowest BCUT2D eigenvalue weighted by molar-refractivity contribution is 0.0605. The molecule has 0 atom stereocenters. The minimum atomic E-state index is -0.402. The number of carbonyl (C=O) groups is 1. The number of ether oxygens (including phenoxy) is 1. The van der Waals surface area contributed by atoms with E-state index in [9.17, 15) is 4.79 Å². The predicted octanol–water partition coefficient (Wildman–Crippen LogP) is 5.14. The van der Waals surface area contributed by atoms with E-state index in [4.69, 9.17) is 9.15 Å². The number of esters is 1. The minimum Gasteiger partial charge on any atom is -0.465 e. The van der Waals surface area contributed by atoms with E-state index in [1.165, 1.54) is 24.0 Å². The third kappa shape index (κ3) is 3.97. The van der Waals surface area contributed by atoms with Gasteiger partial charge in [-0.05, 0) is 31.0 Å². The Balaban J connectivity index is 1.82. The maximum atomic E-state index is 11.8. The van der Waals surface area contributed by atoms with Crippen LogP contribution in [0.3, 0.4) is 0 Å². The standard InChI is InChI=1S/C23H21N3O3S/c1-4-15-10-11-19-17(12-15)18(13-20(29-19)16-8-6-5-7-9-16)25-26-23-24-14(2)21(30-23)22(27)28-3/h5-13H,4H2,1-3H3,(H,24,26). The first-order valence-corrected chi connectivity index (χ1v) is 10.4. The van der Waals surface area contributed by atoms with E-state index in [0.29, 0.717) is 15.7 Å². The SMILES string of the molecule is CCc1ccc2oc(-c3ccccc3)cc(=NNc3nc(C)c(C(=O)OC)s3)c2c1. The van der Waals surface area contributed by atoms with Crippen molar-refractivity contribution in [2.24, 2.45) is 5.10 Å². The Bertz CT molecular complexity index is 1280. The maximum Gasteiger partial charge on any atom is 0.350 e. The molecular weight excluding hydrogens is 398 g/mol. The van der Waals surface area contributed by atoms with Crippen LogP contribution in [0.4, 0.5) is 5.13 Å². The van der Waals surface area contributed by atoms with Gasteiger partial charge in [0.1, 0.15) is 16.2 Å². The first-order valence-electron chi connectivity index (χ1n) is 9.56. The van der Waals surface area contributed by atoms with E-state index in [0.717, 1.165) is 34.1 Å².